The van der Waals surface area contributed by atoms with Crippen LogP contribution in [-0.4, -0.2) is 25.7 Å². The van der Waals surface area contributed by atoms with Crippen molar-refractivity contribution in [2.24, 2.45) is 0 Å². The molecule has 6 heteroatoms. The van der Waals surface area contributed by atoms with E-state index in [0.717, 1.165) is 6.26 Å². The summed E-state index contributed by atoms with van der Waals surface area (Å²) in [6.45, 7) is 1.33. The molecule has 0 aliphatic carbocycles. The highest BCUT2D eigenvalue weighted by molar-refractivity contribution is 7.92. The lowest BCUT2D eigenvalue weighted by Crippen LogP contribution is -2.26. The molecule has 0 bridgehead atoms. The van der Waals surface area contributed by atoms with Crippen LogP contribution in [0.2, 0.25) is 10.0 Å². The van der Waals surface area contributed by atoms with E-state index >= 15 is 0 Å². The fourth-order valence-corrected chi connectivity index (χ4v) is 2.00. The van der Waals surface area contributed by atoms with Gasteiger partial charge in [-0.25, -0.2) is 8.42 Å². The van der Waals surface area contributed by atoms with Crippen LogP contribution in [0.4, 0.5) is 0 Å². The van der Waals surface area contributed by atoms with Crippen LogP contribution in [0.3, 0.4) is 0 Å². The molecule has 0 aromatic heterocycles. The molecule has 1 aromatic carbocycles. The lowest BCUT2D eigenvalue weighted by atomic mass is 10.1. The zero-order valence-electron chi connectivity index (χ0n) is 8.70. The Kier molecular flexibility index (Phi) is 3.99. The van der Waals surface area contributed by atoms with Crippen molar-refractivity contribution in [3.63, 3.8) is 0 Å². The van der Waals surface area contributed by atoms with Gasteiger partial charge in [0.1, 0.15) is 5.25 Å². The summed E-state index contributed by atoms with van der Waals surface area (Å²) in [6.07, 6.45) is 1.01. The molecule has 3 nitrogen and oxygen atoms in total. The van der Waals surface area contributed by atoms with Crippen molar-refractivity contribution in [2.45, 2.75) is 12.2 Å². The van der Waals surface area contributed by atoms with Gasteiger partial charge in [0.05, 0.1) is 5.02 Å². The number of halogens is 2. The summed E-state index contributed by atoms with van der Waals surface area (Å²) in [5.74, 6) is -0.546. The molecule has 0 heterocycles. The molecular weight excluding hydrogens is 271 g/mol. The lowest BCUT2D eigenvalue weighted by molar-refractivity contribution is 0.0992. The highest BCUT2D eigenvalue weighted by atomic mass is 35.5. The van der Waals surface area contributed by atoms with Crippen molar-refractivity contribution >= 4 is 38.8 Å². The number of benzene rings is 1. The van der Waals surface area contributed by atoms with Crippen LogP contribution in [-0.2, 0) is 9.84 Å². The molecule has 1 rings (SSSR count). The van der Waals surface area contributed by atoms with E-state index in [1.807, 2.05) is 0 Å². The number of Topliss-reactive ketones (excluding diaryl/α,β-unsaturated/α-hetero) is 1. The van der Waals surface area contributed by atoms with Gasteiger partial charge in [0.2, 0.25) is 0 Å². The van der Waals surface area contributed by atoms with Crippen molar-refractivity contribution in [3.05, 3.63) is 33.8 Å². The lowest BCUT2D eigenvalue weighted by Gasteiger charge is -2.09. The van der Waals surface area contributed by atoms with E-state index in [2.05, 4.69) is 0 Å². The average molecular weight is 281 g/mol. The first-order chi connectivity index (χ1) is 7.23. The quantitative estimate of drug-likeness (QED) is 0.800. The summed E-state index contributed by atoms with van der Waals surface area (Å²) in [5, 5.41) is -0.582. The van der Waals surface area contributed by atoms with E-state index in [0.29, 0.717) is 5.02 Å². The minimum Gasteiger partial charge on any atom is -0.293 e. The third kappa shape index (κ3) is 2.97. The van der Waals surface area contributed by atoms with Crippen LogP contribution < -0.4 is 0 Å². The molecule has 16 heavy (non-hydrogen) atoms. The molecule has 0 amide bonds. The zero-order chi connectivity index (χ0) is 12.5. The summed E-state index contributed by atoms with van der Waals surface area (Å²) < 4.78 is 22.5. The Labute approximate surface area is 104 Å². The Morgan fingerprint density at radius 3 is 2.38 bits per heavy atom. The van der Waals surface area contributed by atoms with Crippen LogP contribution >= 0.6 is 23.2 Å². The number of hydrogen-bond acceptors (Lipinski definition) is 3. The predicted octanol–water partition coefficient (Wildman–Crippen LogP) is 2.61. The molecule has 1 unspecified atom stereocenters. The molecule has 1 aromatic rings. The second-order valence-electron chi connectivity index (χ2n) is 3.46. The zero-order valence-corrected chi connectivity index (χ0v) is 11.0. The van der Waals surface area contributed by atoms with Gasteiger partial charge in [-0.05, 0) is 25.1 Å². The number of sulfone groups is 1. The minimum atomic E-state index is -3.43. The van der Waals surface area contributed by atoms with Gasteiger partial charge in [-0.2, -0.15) is 0 Å². The van der Waals surface area contributed by atoms with E-state index in [1.54, 1.807) is 0 Å². The number of hydrogen-bond donors (Lipinski definition) is 0. The first kappa shape index (κ1) is 13.5. The SMILES string of the molecule is CC(C(=O)c1cc(Cl)ccc1Cl)S(C)(=O)=O. The van der Waals surface area contributed by atoms with Crippen molar-refractivity contribution in [1.82, 2.24) is 0 Å². The Morgan fingerprint density at radius 1 is 1.31 bits per heavy atom. The number of carbonyl (C=O) groups excluding carboxylic acids is 1. The summed E-state index contributed by atoms with van der Waals surface area (Å²) in [6, 6.07) is 4.37. The maximum atomic E-state index is 11.8. The van der Waals surface area contributed by atoms with Gasteiger partial charge in [0, 0.05) is 16.8 Å². The van der Waals surface area contributed by atoms with Crippen molar-refractivity contribution in [1.29, 1.82) is 0 Å². The van der Waals surface area contributed by atoms with E-state index in [9.17, 15) is 13.2 Å². The van der Waals surface area contributed by atoms with Crippen LogP contribution in [0, 0.1) is 0 Å². The number of carbonyl (C=O) groups is 1. The third-order valence-electron chi connectivity index (χ3n) is 2.21. The second kappa shape index (κ2) is 4.73. The summed E-state index contributed by atoms with van der Waals surface area (Å²) in [4.78, 5) is 11.8. The van der Waals surface area contributed by atoms with Gasteiger partial charge in [-0.1, -0.05) is 23.2 Å². The Hall–Kier alpha value is -0.580. The van der Waals surface area contributed by atoms with E-state index in [-0.39, 0.29) is 10.6 Å². The minimum absolute atomic E-state index is 0.132. The third-order valence-corrected chi connectivity index (χ3v) is 4.27. The van der Waals surface area contributed by atoms with Crippen LogP contribution in [0.5, 0.6) is 0 Å². The molecule has 0 aliphatic heterocycles. The van der Waals surface area contributed by atoms with Gasteiger partial charge in [0.25, 0.3) is 0 Å². The predicted molar refractivity (Wildman–Crippen MR) is 65.1 cm³/mol. The molecule has 0 saturated heterocycles. The molecular formula is C10H10Cl2O3S. The van der Waals surface area contributed by atoms with Crippen molar-refractivity contribution in [2.75, 3.05) is 6.26 Å². The summed E-state index contributed by atoms with van der Waals surface area (Å²) >= 11 is 11.5. The van der Waals surface area contributed by atoms with Gasteiger partial charge in [0.15, 0.2) is 15.6 Å². The summed E-state index contributed by atoms with van der Waals surface area (Å²) in [7, 11) is -3.43. The Morgan fingerprint density at radius 2 is 1.88 bits per heavy atom. The van der Waals surface area contributed by atoms with Gasteiger partial charge >= 0.3 is 0 Å². The maximum Gasteiger partial charge on any atom is 0.182 e. The van der Waals surface area contributed by atoms with Crippen LogP contribution in [0.15, 0.2) is 18.2 Å². The fraction of sp³-hybridized carbons (Fsp3) is 0.300. The smallest absolute Gasteiger partial charge is 0.182 e. The second-order valence-corrected chi connectivity index (χ2v) is 6.67. The van der Waals surface area contributed by atoms with Gasteiger partial charge in [-0.3, -0.25) is 4.79 Å². The molecule has 0 aliphatic rings. The molecule has 1 atom stereocenters. The van der Waals surface area contributed by atoms with Gasteiger partial charge in [-0.15, -0.1) is 0 Å². The first-order valence-corrected chi connectivity index (χ1v) is 7.12. The molecule has 88 valence electrons. The van der Waals surface area contributed by atoms with Crippen LogP contribution in [0.25, 0.3) is 0 Å². The monoisotopic (exact) mass is 280 g/mol. The van der Waals surface area contributed by atoms with E-state index < -0.39 is 20.9 Å². The standard InChI is InChI=1S/C10H10Cl2O3S/c1-6(16(2,14)15)10(13)8-5-7(11)3-4-9(8)12/h3-6H,1-2H3. The van der Waals surface area contributed by atoms with E-state index in [1.165, 1.54) is 25.1 Å². The Bertz CT molecular complexity index is 523. The fourth-order valence-electron chi connectivity index (χ4n) is 1.10. The van der Waals surface area contributed by atoms with Crippen molar-refractivity contribution in [3.8, 4) is 0 Å². The maximum absolute atomic E-state index is 11.8. The molecule has 0 fully saturated rings. The van der Waals surface area contributed by atoms with Crippen LogP contribution in [0.1, 0.15) is 17.3 Å². The normalized spacial score (nSPS) is 13.5. The first-order valence-electron chi connectivity index (χ1n) is 4.41. The van der Waals surface area contributed by atoms with Crippen molar-refractivity contribution < 1.29 is 13.2 Å². The van der Waals surface area contributed by atoms with E-state index in [4.69, 9.17) is 23.2 Å². The number of rotatable bonds is 3. The topological polar surface area (TPSA) is 51.2 Å². The average Bonchev–Trinajstić information content (AvgIpc) is 2.18. The summed E-state index contributed by atoms with van der Waals surface area (Å²) in [5.41, 5.74) is 0.132. The highest BCUT2D eigenvalue weighted by Gasteiger charge is 2.26. The Balaban J connectivity index is 3.20. The highest BCUT2D eigenvalue weighted by Crippen LogP contribution is 2.23. The molecule has 0 spiro atoms. The molecule has 0 N–H and O–H groups in total. The number of ketones is 1. The molecule has 0 radical (unpaired) electrons. The molecule has 0 saturated carbocycles. The largest absolute Gasteiger partial charge is 0.293 e. The van der Waals surface area contributed by atoms with Gasteiger partial charge < -0.3 is 0 Å².